The smallest absolute Gasteiger partial charge is 0.309 e. The van der Waals surface area contributed by atoms with Gasteiger partial charge < -0.3 is 4.98 Å². The summed E-state index contributed by atoms with van der Waals surface area (Å²) in [6.45, 7) is 0. The van der Waals surface area contributed by atoms with Crippen molar-refractivity contribution in [3.05, 3.63) is 40.2 Å². The molecule has 17 heavy (non-hydrogen) atoms. The molecule has 3 nitrogen and oxygen atoms in total. The lowest BCUT2D eigenvalue weighted by atomic mass is 9.99. The van der Waals surface area contributed by atoms with Crippen LogP contribution in [0.4, 0.5) is 4.39 Å². The summed E-state index contributed by atoms with van der Waals surface area (Å²) in [5.74, 6) is 0.0339. The van der Waals surface area contributed by atoms with Crippen LogP contribution in [0.15, 0.2) is 23.0 Å². The van der Waals surface area contributed by atoms with Gasteiger partial charge in [-0.3, -0.25) is 0 Å². The summed E-state index contributed by atoms with van der Waals surface area (Å²) in [5, 5.41) is 0.873. The third-order valence-electron chi connectivity index (χ3n) is 3.48. The number of benzene rings is 1. The van der Waals surface area contributed by atoms with E-state index in [2.05, 4.69) is 9.97 Å². The lowest BCUT2D eigenvalue weighted by molar-refractivity contribution is 0.628. The standard InChI is InChI=1S/C13H13FN2O/c14-9-5-6-10-11(7-9)15-13(17)16-12(10)8-3-1-2-4-8/h5-8H,1-4H2,(H,15,16,17). The molecule has 88 valence electrons. The van der Waals surface area contributed by atoms with Gasteiger partial charge in [0.2, 0.25) is 0 Å². The molecule has 1 N–H and O–H groups in total. The number of aromatic amines is 1. The summed E-state index contributed by atoms with van der Waals surface area (Å²) in [7, 11) is 0. The van der Waals surface area contributed by atoms with E-state index >= 15 is 0 Å². The van der Waals surface area contributed by atoms with Gasteiger partial charge in [-0.2, -0.15) is 4.98 Å². The topological polar surface area (TPSA) is 45.8 Å². The molecule has 2 aromatic rings. The van der Waals surface area contributed by atoms with Gasteiger partial charge in [0, 0.05) is 17.1 Å². The Hall–Kier alpha value is -1.71. The lowest BCUT2D eigenvalue weighted by Gasteiger charge is -2.11. The quantitative estimate of drug-likeness (QED) is 0.821. The molecular formula is C13H13FN2O. The number of H-pyrrole nitrogens is 1. The van der Waals surface area contributed by atoms with Gasteiger partial charge in [-0.25, -0.2) is 9.18 Å². The maximum absolute atomic E-state index is 13.1. The van der Waals surface area contributed by atoms with Crippen LogP contribution in [-0.4, -0.2) is 9.97 Å². The Morgan fingerprint density at radius 2 is 2.06 bits per heavy atom. The van der Waals surface area contributed by atoms with Crippen LogP contribution in [0.5, 0.6) is 0 Å². The second-order valence-corrected chi connectivity index (χ2v) is 4.60. The van der Waals surface area contributed by atoms with E-state index in [9.17, 15) is 9.18 Å². The molecule has 4 heteroatoms. The van der Waals surface area contributed by atoms with Crippen molar-refractivity contribution >= 4 is 10.9 Å². The summed E-state index contributed by atoms with van der Waals surface area (Å²) >= 11 is 0. The van der Waals surface area contributed by atoms with Crippen LogP contribution < -0.4 is 5.69 Å². The number of halogens is 1. The lowest BCUT2D eigenvalue weighted by Crippen LogP contribution is -2.15. The first-order chi connectivity index (χ1) is 8.24. The van der Waals surface area contributed by atoms with Gasteiger partial charge in [-0.15, -0.1) is 0 Å². The van der Waals surface area contributed by atoms with Crippen LogP contribution in [0.1, 0.15) is 37.3 Å². The van der Waals surface area contributed by atoms with Crippen LogP contribution in [0.25, 0.3) is 10.9 Å². The van der Waals surface area contributed by atoms with Gasteiger partial charge in [0.1, 0.15) is 5.82 Å². The van der Waals surface area contributed by atoms with E-state index in [4.69, 9.17) is 0 Å². The monoisotopic (exact) mass is 232 g/mol. The fourth-order valence-electron chi connectivity index (χ4n) is 2.68. The summed E-state index contributed by atoms with van der Waals surface area (Å²) in [5.41, 5.74) is 0.998. The highest BCUT2D eigenvalue weighted by Gasteiger charge is 2.20. The largest absolute Gasteiger partial charge is 0.345 e. The first-order valence-corrected chi connectivity index (χ1v) is 5.93. The average Bonchev–Trinajstić information content (AvgIpc) is 2.80. The number of nitrogens with zero attached hydrogens (tertiary/aromatic N) is 1. The normalized spacial score (nSPS) is 16.8. The number of hydrogen-bond acceptors (Lipinski definition) is 2. The summed E-state index contributed by atoms with van der Waals surface area (Å²) in [6, 6.07) is 4.45. The Morgan fingerprint density at radius 1 is 1.29 bits per heavy atom. The molecule has 0 spiro atoms. The van der Waals surface area contributed by atoms with E-state index in [1.807, 2.05) is 0 Å². The molecule has 0 unspecified atom stereocenters. The van der Waals surface area contributed by atoms with E-state index in [1.54, 1.807) is 6.07 Å². The van der Waals surface area contributed by atoms with E-state index in [0.29, 0.717) is 11.4 Å². The van der Waals surface area contributed by atoms with E-state index < -0.39 is 0 Å². The minimum atomic E-state index is -0.384. The van der Waals surface area contributed by atoms with Crippen molar-refractivity contribution in [2.45, 2.75) is 31.6 Å². The van der Waals surface area contributed by atoms with Crippen molar-refractivity contribution in [2.24, 2.45) is 0 Å². The number of hydrogen-bond donors (Lipinski definition) is 1. The molecule has 0 saturated heterocycles. The maximum Gasteiger partial charge on any atom is 0.345 e. The molecule has 3 rings (SSSR count). The molecule has 1 aromatic heterocycles. The third-order valence-corrected chi connectivity index (χ3v) is 3.48. The van der Waals surface area contributed by atoms with Gasteiger partial charge >= 0.3 is 5.69 Å². The molecule has 0 aliphatic heterocycles. The van der Waals surface area contributed by atoms with Crippen LogP contribution in [0, 0.1) is 5.82 Å². The Labute approximate surface area is 97.7 Å². The van der Waals surface area contributed by atoms with Crippen molar-refractivity contribution < 1.29 is 4.39 Å². The molecular weight excluding hydrogens is 219 g/mol. The molecule has 0 bridgehead atoms. The van der Waals surface area contributed by atoms with Gasteiger partial charge in [0.05, 0.1) is 5.52 Å². The molecule has 1 fully saturated rings. The van der Waals surface area contributed by atoms with Crippen LogP contribution in [0.3, 0.4) is 0 Å². The fraction of sp³-hybridized carbons (Fsp3) is 0.385. The van der Waals surface area contributed by atoms with Crippen LogP contribution in [-0.2, 0) is 0 Å². The summed E-state index contributed by atoms with van der Waals surface area (Å²) in [6.07, 6.45) is 4.56. The maximum atomic E-state index is 13.1. The molecule has 0 atom stereocenters. The summed E-state index contributed by atoms with van der Waals surface area (Å²) < 4.78 is 13.1. The predicted octanol–water partition coefficient (Wildman–Crippen LogP) is 2.72. The van der Waals surface area contributed by atoms with E-state index in [-0.39, 0.29) is 11.5 Å². The molecule has 1 aliphatic carbocycles. The van der Waals surface area contributed by atoms with Gasteiger partial charge in [0.15, 0.2) is 0 Å². The number of aromatic nitrogens is 2. The average molecular weight is 232 g/mol. The zero-order valence-electron chi connectivity index (χ0n) is 9.37. The van der Waals surface area contributed by atoms with Gasteiger partial charge in [0.25, 0.3) is 0 Å². The van der Waals surface area contributed by atoms with E-state index in [0.717, 1.165) is 23.9 Å². The SMILES string of the molecule is O=c1nc2cc(F)ccc2c(C2CCCC2)[nH]1. The molecule has 1 saturated carbocycles. The Morgan fingerprint density at radius 3 is 2.82 bits per heavy atom. The Bertz CT molecular complexity index is 614. The number of nitrogens with one attached hydrogen (secondary N) is 1. The fourth-order valence-corrected chi connectivity index (χ4v) is 2.68. The highest BCUT2D eigenvalue weighted by molar-refractivity contribution is 5.81. The van der Waals surface area contributed by atoms with Crippen molar-refractivity contribution in [3.63, 3.8) is 0 Å². The first kappa shape index (κ1) is 10.4. The van der Waals surface area contributed by atoms with Crippen molar-refractivity contribution in [3.8, 4) is 0 Å². The van der Waals surface area contributed by atoms with Crippen molar-refractivity contribution in [1.82, 2.24) is 9.97 Å². The minimum absolute atomic E-state index is 0.354. The second kappa shape index (κ2) is 3.95. The zero-order valence-corrected chi connectivity index (χ0v) is 9.37. The number of rotatable bonds is 1. The highest BCUT2D eigenvalue weighted by atomic mass is 19.1. The third kappa shape index (κ3) is 1.84. The predicted molar refractivity (Wildman–Crippen MR) is 63.5 cm³/mol. The van der Waals surface area contributed by atoms with Crippen LogP contribution >= 0.6 is 0 Å². The van der Waals surface area contributed by atoms with Gasteiger partial charge in [-0.05, 0) is 30.9 Å². The second-order valence-electron chi connectivity index (χ2n) is 4.60. The first-order valence-electron chi connectivity index (χ1n) is 5.93. The summed E-state index contributed by atoms with van der Waals surface area (Å²) in [4.78, 5) is 18.1. The minimum Gasteiger partial charge on any atom is -0.309 e. The number of fused-ring (bicyclic) bond motifs is 1. The van der Waals surface area contributed by atoms with E-state index in [1.165, 1.54) is 25.0 Å². The zero-order chi connectivity index (χ0) is 11.8. The molecule has 0 amide bonds. The molecule has 1 aliphatic rings. The van der Waals surface area contributed by atoms with Crippen molar-refractivity contribution in [2.75, 3.05) is 0 Å². The van der Waals surface area contributed by atoms with Crippen molar-refractivity contribution in [1.29, 1.82) is 0 Å². The highest BCUT2D eigenvalue weighted by Crippen LogP contribution is 2.35. The van der Waals surface area contributed by atoms with Gasteiger partial charge in [-0.1, -0.05) is 12.8 Å². The molecule has 1 heterocycles. The Kier molecular flexibility index (Phi) is 2.42. The van der Waals surface area contributed by atoms with Crippen LogP contribution in [0.2, 0.25) is 0 Å². The molecule has 1 aromatic carbocycles. The Balaban J connectivity index is 2.25. The molecule has 0 radical (unpaired) electrons.